The van der Waals surface area contributed by atoms with Gasteiger partial charge in [0.1, 0.15) is 5.82 Å². The fourth-order valence-corrected chi connectivity index (χ4v) is 4.21. The van der Waals surface area contributed by atoms with Gasteiger partial charge in [-0.2, -0.15) is 0 Å². The first-order valence-corrected chi connectivity index (χ1v) is 7.95. The summed E-state index contributed by atoms with van der Waals surface area (Å²) in [4.78, 5) is 4.76. The summed E-state index contributed by atoms with van der Waals surface area (Å²) in [7, 11) is 0. The van der Waals surface area contributed by atoms with Crippen LogP contribution >= 0.6 is 23.4 Å². The van der Waals surface area contributed by atoms with Gasteiger partial charge in [-0.1, -0.05) is 30.3 Å². The molecule has 19 heavy (non-hydrogen) atoms. The largest absolute Gasteiger partial charge is 0.368 e. The van der Waals surface area contributed by atoms with Gasteiger partial charge in [-0.15, -0.1) is 23.4 Å². The first-order chi connectivity index (χ1) is 9.29. The van der Waals surface area contributed by atoms with E-state index in [9.17, 15) is 0 Å². The van der Waals surface area contributed by atoms with E-state index in [1.54, 1.807) is 11.8 Å². The van der Waals surface area contributed by atoms with Gasteiger partial charge in [-0.25, -0.2) is 0 Å². The molecule has 0 bridgehead atoms. The third kappa shape index (κ3) is 2.26. The maximum atomic E-state index is 6.12. The summed E-state index contributed by atoms with van der Waals surface area (Å²) in [6.07, 6.45) is 2.16. The summed E-state index contributed by atoms with van der Waals surface area (Å²) in [5.74, 6) is 1.80. The van der Waals surface area contributed by atoms with Crippen LogP contribution < -0.4 is 5.32 Å². The molecule has 1 fully saturated rings. The minimum Gasteiger partial charge on any atom is -0.368 e. The highest BCUT2D eigenvalue weighted by Crippen LogP contribution is 2.44. The van der Waals surface area contributed by atoms with Crippen molar-refractivity contribution < 1.29 is 0 Å². The molecule has 0 saturated heterocycles. The third-order valence-electron chi connectivity index (χ3n) is 3.84. The van der Waals surface area contributed by atoms with Gasteiger partial charge in [0.05, 0.1) is 4.71 Å². The molecule has 4 heteroatoms. The molecule has 1 aromatic heterocycles. The zero-order valence-electron chi connectivity index (χ0n) is 10.4. The van der Waals surface area contributed by atoms with Crippen LogP contribution in [0, 0.1) is 0 Å². The van der Waals surface area contributed by atoms with Crippen LogP contribution in [0.4, 0.5) is 5.82 Å². The van der Waals surface area contributed by atoms with Crippen LogP contribution in [-0.4, -0.2) is 15.7 Å². The third-order valence-corrected chi connectivity index (χ3v) is 5.30. The first kappa shape index (κ1) is 11.7. The number of alkyl halides is 1. The van der Waals surface area contributed by atoms with Crippen molar-refractivity contribution in [2.24, 2.45) is 0 Å². The van der Waals surface area contributed by atoms with E-state index in [1.807, 2.05) is 0 Å². The number of aromatic nitrogens is 1. The van der Waals surface area contributed by atoms with Crippen molar-refractivity contribution >= 4 is 29.2 Å². The first-order valence-electron chi connectivity index (χ1n) is 6.64. The van der Waals surface area contributed by atoms with Crippen molar-refractivity contribution in [2.75, 3.05) is 5.32 Å². The Bertz CT molecular complexity index is 572. The molecule has 3 atom stereocenters. The van der Waals surface area contributed by atoms with Gasteiger partial charge in [0.15, 0.2) is 0 Å². The second-order valence-corrected chi connectivity index (χ2v) is 7.29. The number of nitrogens with one attached hydrogen (secondary N) is 2. The van der Waals surface area contributed by atoms with Crippen LogP contribution in [-0.2, 0) is 6.42 Å². The molecule has 2 N–H and O–H groups in total. The summed E-state index contributed by atoms with van der Waals surface area (Å²) in [5.41, 5.74) is 2.72. The van der Waals surface area contributed by atoms with Crippen LogP contribution in [0.3, 0.4) is 0 Å². The zero-order valence-corrected chi connectivity index (χ0v) is 12.0. The van der Waals surface area contributed by atoms with Gasteiger partial charge >= 0.3 is 0 Å². The van der Waals surface area contributed by atoms with Crippen LogP contribution in [0.5, 0.6) is 0 Å². The van der Waals surface area contributed by atoms with Crippen molar-refractivity contribution in [1.82, 2.24) is 4.98 Å². The smallest absolute Gasteiger partial charge is 0.104 e. The number of thioether (sulfide) groups is 1. The Morgan fingerprint density at radius 1 is 1.26 bits per heavy atom. The molecule has 0 amide bonds. The van der Waals surface area contributed by atoms with Crippen LogP contribution in [0.1, 0.15) is 23.6 Å². The Labute approximate surface area is 121 Å². The molecule has 2 nitrogen and oxygen atoms in total. The number of rotatable bonds is 3. The van der Waals surface area contributed by atoms with E-state index in [0.29, 0.717) is 12.0 Å². The van der Waals surface area contributed by atoms with Crippen LogP contribution in [0.2, 0.25) is 0 Å². The van der Waals surface area contributed by atoms with Crippen molar-refractivity contribution in [2.45, 2.75) is 34.4 Å². The van der Waals surface area contributed by atoms with Crippen molar-refractivity contribution in [1.29, 1.82) is 0 Å². The highest BCUT2D eigenvalue weighted by Gasteiger charge is 2.38. The average molecular weight is 291 g/mol. The lowest BCUT2D eigenvalue weighted by atomic mass is 10.1. The molecule has 98 valence electrons. The highest BCUT2D eigenvalue weighted by atomic mass is 35.5. The normalized spacial score (nSPS) is 28.2. The predicted octanol–water partition coefficient (Wildman–Crippen LogP) is 4.20. The van der Waals surface area contributed by atoms with E-state index in [2.05, 4.69) is 46.7 Å². The monoisotopic (exact) mass is 290 g/mol. The number of H-pyrrole nitrogens is 1. The minimum atomic E-state index is 0.202. The fourth-order valence-electron chi connectivity index (χ4n) is 2.78. The topological polar surface area (TPSA) is 27.8 Å². The molecule has 1 aliphatic carbocycles. The number of halogens is 1. The molecule has 2 aliphatic rings. The summed E-state index contributed by atoms with van der Waals surface area (Å²) < 4.78 is 0.202. The molecular formula is C15H15ClN2S. The number of hydrogen-bond acceptors (Lipinski definition) is 2. The number of fused-ring (bicyclic) bond motifs is 1. The standard InChI is InChI=1S/C15H15ClN2S/c16-14-7-12-13(19-14)8-15(18-12)17-11-6-10(11)9-4-2-1-3-5-9/h1-5,8,10-11,14,17-18H,6-7H2. The molecule has 0 spiro atoms. The van der Waals surface area contributed by atoms with E-state index in [-0.39, 0.29) is 4.71 Å². The summed E-state index contributed by atoms with van der Waals surface area (Å²) in [6.45, 7) is 0. The minimum absolute atomic E-state index is 0.202. The maximum absolute atomic E-state index is 6.12. The van der Waals surface area contributed by atoms with Crippen LogP contribution in [0.15, 0.2) is 41.3 Å². The molecule has 3 unspecified atom stereocenters. The Morgan fingerprint density at radius 3 is 2.89 bits per heavy atom. The van der Waals surface area contributed by atoms with Gasteiger partial charge in [0.25, 0.3) is 0 Å². The summed E-state index contributed by atoms with van der Waals surface area (Å²) in [6, 6.07) is 13.5. The number of hydrogen-bond donors (Lipinski definition) is 2. The van der Waals surface area contributed by atoms with E-state index in [1.165, 1.54) is 22.6 Å². The van der Waals surface area contributed by atoms with Gasteiger partial charge in [0.2, 0.25) is 0 Å². The lowest BCUT2D eigenvalue weighted by Crippen LogP contribution is -2.04. The molecule has 1 aromatic carbocycles. The summed E-state index contributed by atoms with van der Waals surface area (Å²) >= 11 is 7.87. The second-order valence-electron chi connectivity index (χ2n) is 5.26. The Morgan fingerprint density at radius 2 is 2.11 bits per heavy atom. The zero-order chi connectivity index (χ0) is 12.8. The molecule has 1 aliphatic heterocycles. The van der Waals surface area contributed by atoms with Crippen molar-refractivity contribution in [3.63, 3.8) is 0 Å². The lowest BCUT2D eigenvalue weighted by Gasteiger charge is -2.04. The van der Waals surface area contributed by atoms with E-state index in [4.69, 9.17) is 11.6 Å². The molecule has 0 radical (unpaired) electrons. The Hall–Kier alpha value is -1.06. The number of anilines is 1. The average Bonchev–Trinajstić information content (AvgIpc) is 2.94. The molecule has 2 heterocycles. The van der Waals surface area contributed by atoms with Crippen molar-refractivity contribution in [3.05, 3.63) is 47.7 Å². The SMILES string of the molecule is ClC1Cc2[nH]c(NC3CC3c3ccccc3)cc2S1. The van der Waals surface area contributed by atoms with Gasteiger partial charge < -0.3 is 10.3 Å². The van der Waals surface area contributed by atoms with E-state index >= 15 is 0 Å². The second kappa shape index (κ2) is 4.50. The number of aromatic amines is 1. The fraction of sp³-hybridized carbons (Fsp3) is 0.333. The molecule has 4 rings (SSSR count). The van der Waals surface area contributed by atoms with Crippen molar-refractivity contribution in [3.8, 4) is 0 Å². The number of benzene rings is 1. The van der Waals surface area contributed by atoms with E-state index in [0.717, 1.165) is 12.2 Å². The van der Waals surface area contributed by atoms with Gasteiger partial charge in [0, 0.05) is 29.0 Å². The lowest BCUT2D eigenvalue weighted by molar-refractivity contribution is 1.01. The summed E-state index contributed by atoms with van der Waals surface area (Å²) in [5, 5.41) is 3.60. The van der Waals surface area contributed by atoms with Crippen LogP contribution in [0.25, 0.3) is 0 Å². The Kier molecular flexibility index (Phi) is 2.78. The highest BCUT2D eigenvalue weighted by molar-refractivity contribution is 8.01. The Balaban J connectivity index is 1.43. The molecular weight excluding hydrogens is 276 g/mol. The van der Waals surface area contributed by atoms with E-state index < -0.39 is 0 Å². The predicted molar refractivity (Wildman–Crippen MR) is 81.2 cm³/mol. The van der Waals surface area contributed by atoms with Gasteiger partial charge in [-0.05, 0) is 18.1 Å². The van der Waals surface area contributed by atoms with Gasteiger partial charge in [-0.3, -0.25) is 0 Å². The maximum Gasteiger partial charge on any atom is 0.104 e. The quantitative estimate of drug-likeness (QED) is 0.829. The molecule has 1 saturated carbocycles. The molecule has 2 aromatic rings.